The highest BCUT2D eigenvalue weighted by molar-refractivity contribution is 5.78. The molecule has 3 heteroatoms. The molecule has 3 nitrogen and oxygen atoms in total. The van der Waals surface area contributed by atoms with Crippen LogP contribution < -0.4 is 4.74 Å². The Bertz CT molecular complexity index is 506. The molecule has 0 N–H and O–H groups in total. The van der Waals surface area contributed by atoms with Gasteiger partial charge in [-0.2, -0.15) is 0 Å². The van der Waals surface area contributed by atoms with Gasteiger partial charge in [-0.1, -0.05) is 18.2 Å². The molecule has 0 fully saturated rings. The predicted molar refractivity (Wildman–Crippen MR) is 66.2 cm³/mol. The van der Waals surface area contributed by atoms with Gasteiger partial charge in [-0.05, 0) is 24.6 Å². The number of rotatable bonds is 4. The van der Waals surface area contributed by atoms with E-state index in [4.69, 9.17) is 4.74 Å². The minimum atomic E-state index is 0.604. The summed E-state index contributed by atoms with van der Waals surface area (Å²) in [6.07, 6.45) is 2.58. The average Bonchev–Trinajstić information content (AvgIpc) is 2.40. The molecule has 2 aromatic rings. The number of benzene rings is 1. The molecule has 17 heavy (non-hydrogen) atoms. The first-order valence-corrected chi connectivity index (χ1v) is 5.48. The number of carbonyl (C=O) groups is 1. The highest BCUT2D eigenvalue weighted by Crippen LogP contribution is 2.20. The smallest absolute Gasteiger partial charge is 0.213 e. The Morgan fingerprint density at radius 1 is 1.24 bits per heavy atom. The molecule has 0 saturated heterocycles. The van der Waals surface area contributed by atoms with Crippen LogP contribution in [-0.2, 0) is 0 Å². The molecule has 0 bridgehead atoms. The molecule has 1 aromatic heterocycles. The van der Waals surface area contributed by atoms with E-state index in [-0.39, 0.29) is 0 Å². The lowest BCUT2D eigenvalue weighted by Gasteiger charge is -2.04. The van der Waals surface area contributed by atoms with Crippen LogP contribution in [0.4, 0.5) is 0 Å². The fraction of sp³-hybridized carbons (Fsp3) is 0.143. The van der Waals surface area contributed by atoms with E-state index < -0.39 is 0 Å². The lowest BCUT2D eigenvalue weighted by atomic mass is 10.1. The number of carbonyl (C=O) groups excluding carboxylic acids is 1. The first-order valence-electron chi connectivity index (χ1n) is 5.48. The molecule has 2 rings (SSSR count). The monoisotopic (exact) mass is 227 g/mol. The summed E-state index contributed by atoms with van der Waals surface area (Å²) in [7, 11) is 0. The lowest BCUT2D eigenvalue weighted by molar-refractivity contribution is 0.112. The molecule has 0 radical (unpaired) electrons. The molecular weight excluding hydrogens is 214 g/mol. The van der Waals surface area contributed by atoms with Gasteiger partial charge in [-0.15, -0.1) is 0 Å². The van der Waals surface area contributed by atoms with E-state index >= 15 is 0 Å². The van der Waals surface area contributed by atoms with E-state index in [1.165, 1.54) is 0 Å². The summed E-state index contributed by atoms with van der Waals surface area (Å²) >= 11 is 0. The average molecular weight is 227 g/mol. The Labute approximate surface area is 100 Å². The van der Waals surface area contributed by atoms with Crippen molar-refractivity contribution in [1.29, 1.82) is 0 Å². The number of hydrogen-bond acceptors (Lipinski definition) is 3. The fourth-order valence-corrected chi connectivity index (χ4v) is 1.58. The standard InChI is InChI=1S/C14H13NO2/c1-2-17-14-7-6-13(9-15-14)12-5-3-4-11(8-12)10-16/h3-10H,2H2,1H3. The lowest BCUT2D eigenvalue weighted by Crippen LogP contribution is -1.93. The summed E-state index contributed by atoms with van der Waals surface area (Å²) in [5.74, 6) is 0.614. The first-order chi connectivity index (χ1) is 8.33. The van der Waals surface area contributed by atoms with E-state index in [1.54, 1.807) is 12.3 Å². The van der Waals surface area contributed by atoms with Gasteiger partial charge in [0.25, 0.3) is 0 Å². The number of nitrogens with zero attached hydrogens (tertiary/aromatic N) is 1. The van der Waals surface area contributed by atoms with E-state index in [0.717, 1.165) is 17.4 Å². The van der Waals surface area contributed by atoms with E-state index in [9.17, 15) is 4.79 Å². The maximum absolute atomic E-state index is 10.7. The van der Waals surface area contributed by atoms with Crippen LogP contribution in [0, 0.1) is 0 Å². The first kappa shape index (κ1) is 11.3. The van der Waals surface area contributed by atoms with Gasteiger partial charge in [0, 0.05) is 23.4 Å². The van der Waals surface area contributed by atoms with Crippen molar-refractivity contribution in [3.05, 3.63) is 48.2 Å². The zero-order valence-corrected chi connectivity index (χ0v) is 9.59. The minimum absolute atomic E-state index is 0.604. The molecular formula is C14H13NO2. The van der Waals surface area contributed by atoms with Crippen molar-refractivity contribution in [2.75, 3.05) is 6.61 Å². The summed E-state index contributed by atoms with van der Waals surface area (Å²) in [6, 6.07) is 11.2. The van der Waals surface area contributed by atoms with Gasteiger partial charge in [-0.25, -0.2) is 4.98 Å². The number of ether oxygens (including phenoxy) is 1. The third kappa shape index (κ3) is 2.69. The van der Waals surface area contributed by atoms with Gasteiger partial charge < -0.3 is 4.74 Å². The van der Waals surface area contributed by atoms with E-state index in [1.807, 2.05) is 37.3 Å². The number of pyridine rings is 1. The maximum Gasteiger partial charge on any atom is 0.213 e. The Morgan fingerprint density at radius 3 is 2.76 bits per heavy atom. The summed E-state index contributed by atoms with van der Waals surface area (Å²) in [4.78, 5) is 14.9. The van der Waals surface area contributed by atoms with Gasteiger partial charge in [0.1, 0.15) is 6.29 Å². The highest BCUT2D eigenvalue weighted by Gasteiger charge is 2.00. The molecule has 1 aromatic carbocycles. The van der Waals surface area contributed by atoms with Crippen molar-refractivity contribution < 1.29 is 9.53 Å². The second kappa shape index (κ2) is 5.25. The molecule has 0 saturated carbocycles. The highest BCUT2D eigenvalue weighted by atomic mass is 16.5. The fourth-order valence-electron chi connectivity index (χ4n) is 1.58. The second-order valence-electron chi connectivity index (χ2n) is 3.56. The maximum atomic E-state index is 10.7. The zero-order chi connectivity index (χ0) is 12.1. The summed E-state index contributed by atoms with van der Waals surface area (Å²) in [6.45, 7) is 2.52. The molecule has 0 aliphatic carbocycles. The van der Waals surface area contributed by atoms with E-state index in [0.29, 0.717) is 18.1 Å². The number of aromatic nitrogens is 1. The van der Waals surface area contributed by atoms with Crippen molar-refractivity contribution in [1.82, 2.24) is 4.98 Å². The van der Waals surface area contributed by atoms with Crippen LogP contribution in [0.2, 0.25) is 0 Å². The Morgan fingerprint density at radius 2 is 2.12 bits per heavy atom. The SMILES string of the molecule is CCOc1ccc(-c2cccc(C=O)c2)cn1. The Hall–Kier alpha value is -2.16. The molecule has 1 heterocycles. The van der Waals surface area contributed by atoms with Crippen molar-refractivity contribution in [2.24, 2.45) is 0 Å². The predicted octanol–water partition coefficient (Wildman–Crippen LogP) is 2.96. The van der Waals surface area contributed by atoms with Gasteiger partial charge >= 0.3 is 0 Å². The van der Waals surface area contributed by atoms with Crippen molar-refractivity contribution in [3.8, 4) is 17.0 Å². The topological polar surface area (TPSA) is 39.2 Å². The molecule has 0 unspecified atom stereocenters. The van der Waals surface area contributed by atoms with Crippen molar-refractivity contribution in [2.45, 2.75) is 6.92 Å². The Kier molecular flexibility index (Phi) is 3.50. The van der Waals surface area contributed by atoms with Gasteiger partial charge in [-0.3, -0.25) is 4.79 Å². The van der Waals surface area contributed by atoms with E-state index in [2.05, 4.69) is 4.98 Å². The number of aldehydes is 1. The third-order valence-electron chi connectivity index (χ3n) is 2.38. The number of hydrogen-bond donors (Lipinski definition) is 0. The van der Waals surface area contributed by atoms with Crippen LogP contribution in [-0.4, -0.2) is 17.9 Å². The molecule has 0 aliphatic rings. The second-order valence-corrected chi connectivity index (χ2v) is 3.56. The molecule has 0 spiro atoms. The van der Waals surface area contributed by atoms with Gasteiger partial charge in [0.05, 0.1) is 6.61 Å². The largest absolute Gasteiger partial charge is 0.478 e. The zero-order valence-electron chi connectivity index (χ0n) is 9.59. The van der Waals surface area contributed by atoms with Crippen LogP contribution in [0.5, 0.6) is 5.88 Å². The quantitative estimate of drug-likeness (QED) is 0.754. The van der Waals surface area contributed by atoms with Crippen LogP contribution >= 0.6 is 0 Å². The van der Waals surface area contributed by atoms with Crippen molar-refractivity contribution in [3.63, 3.8) is 0 Å². The van der Waals surface area contributed by atoms with Crippen LogP contribution in [0.25, 0.3) is 11.1 Å². The summed E-state index contributed by atoms with van der Waals surface area (Å²) in [5.41, 5.74) is 2.61. The summed E-state index contributed by atoms with van der Waals surface area (Å²) in [5, 5.41) is 0. The van der Waals surface area contributed by atoms with Crippen LogP contribution in [0.1, 0.15) is 17.3 Å². The summed E-state index contributed by atoms with van der Waals surface area (Å²) < 4.78 is 5.27. The van der Waals surface area contributed by atoms with Gasteiger partial charge in [0.15, 0.2) is 0 Å². The molecule has 0 aliphatic heterocycles. The van der Waals surface area contributed by atoms with Crippen LogP contribution in [0.3, 0.4) is 0 Å². The van der Waals surface area contributed by atoms with Crippen LogP contribution in [0.15, 0.2) is 42.6 Å². The third-order valence-corrected chi connectivity index (χ3v) is 2.38. The molecule has 0 amide bonds. The Balaban J connectivity index is 2.29. The van der Waals surface area contributed by atoms with Gasteiger partial charge in [0.2, 0.25) is 5.88 Å². The minimum Gasteiger partial charge on any atom is -0.478 e. The normalized spacial score (nSPS) is 9.94. The molecule has 0 atom stereocenters. The van der Waals surface area contributed by atoms with Crippen molar-refractivity contribution >= 4 is 6.29 Å². The molecule has 86 valence electrons.